The molecule has 2 aliphatic rings. The zero-order chi connectivity index (χ0) is 11.7. The van der Waals surface area contributed by atoms with Crippen LogP contribution in [0.25, 0.3) is 5.57 Å². The van der Waals surface area contributed by atoms with Crippen LogP contribution < -0.4 is 0 Å². The number of allylic oxidation sites excluding steroid dienone is 2. The van der Waals surface area contributed by atoms with Crippen LogP contribution in [-0.2, 0) is 0 Å². The van der Waals surface area contributed by atoms with Crippen LogP contribution in [-0.4, -0.2) is 5.38 Å². The Morgan fingerprint density at radius 3 is 2.65 bits per heavy atom. The van der Waals surface area contributed by atoms with E-state index in [0.29, 0.717) is 0 Å². The summed E-state index contributed by atoms with van der Waals surface area (Å²) in [6, 6.07) is 9.13. The monoisotopic (exact) mass is 246 g/mol. The Bertz CT molecular complexity index is 429. The molecule has 3 rings (SSSR count). The van der Waals surface area contributed by atoms with Gasteiger partial charge in [0, 0.05) is 0 Å². The van der Waals surface area contributed by atoms with Crippen molar-refractivity contribution < 1.29 is 0 Å². The van der Waals surface area contributed by atoms with Gasteiger partial charge in [-0.05, 0) is 54.7 Å². The molecule has 1 aromatic carbocycles. The lowest BCUT2D eigenvalue weighted by Gasteiger charge is -2.26. The fourth-order valence-electron chi connectivity index (χ4n) is 2.85. The summed E-state index contributed by atoms with van der Waals surface area (Å²) in [6.07, 6.45) is 9.96. The molecule has 0 nitrogen and oxygen atoms in total. The van der Waals surface area contributed by atoms with Crippen LogP contribution in [0.4, 0.5) is 0 Å². The topological polar surface area (TPSA) is 0 Å². The van der Waals surface area contributed by atoms with Crippen molar-refractivity contribution in [1.29, 1.82) is 0 Å². The maximum Gasteiger partial charge on any atom is 0.0522 e. The highest BCUT2D eigenvalue weighted by Crippen LogP contribution is 2.38. The minimum absolute atomic E-state index is 0.242. The lowest BCUT2D eigenvalue weighted by Crippen LogP contribution is -2.09. The summed E-state index contributed by atoms with van der Waals surface area (Å²) in [5.41, 5.74) is 4.39. The third kappa shape index (κ3) is 2.42. The molecule has 0 spiro atoms. The third-order valence-corrected chi connectivity index (χ3v) is 4.49. The van der Waals surface area contributed by atoms with Crippen molar-refractivity contribution in [3.8, 4) is 0 Å². The predicted octanol–water partition coefficient (Wildman–Crippen LogP) is 5.13. The molecule has 90 valence electrons. The van der Waals surface area contributed by atoms with Gasteiger partial charge < -0.3 is 0 Å². The highest BCUT2D eigenvalue weighted by atomic mass is 35.5. The van der Waals surface area contributed by atoms with E-state index in [1.807, 2.05) is 0 Å². The highest BCUT2D eigenvalue weighted by Gasteiger charge is 2.20. The zero-order valence-electron chi connectivity index (χ0n) is 10.2. The van der Waals surface area contributed by atoms with Gasteiger partial charge in [0.05, 0.1) is 5.38 Å². The molecule has 1 atom stereocenters. The summed E-state index contributed by atoms with van der Waals surface area (Å²) >= 11 is 6.23. The number of alkyl halides is 1. The summed E-state index contributed by atoms with van der Waals surface area (Å²) in [4.78, 5) is 0. The molecule has 0 saturated heterocycles. The van der Waals surface area contributed by atoms with E-state index in [9.17, 15) is 0 Å². The molecule has 0 aliphatic heterocycles. The van der Waals surface area contributed by atoms with Crippen molar-refractivity contribution in [1.82, 2.24) is 0 Å². The van der Waals surface area contributed by atoms with Crippen LogP contribution in [0.2, 0.25) is 0 Å². The Balaban J connectivity index is 1.87. The average molecular weight is 247 g/mol. The van der Waals surface area contributed by atoms with Gasteiger partial charge in [-0.1, -0.05) is 36.8 Å². The van der Waals surface area contributed by atoms with E-state index in [0.717, 1.165) is 12.3 Å². The molecular formula is C16H19Cl. The van der Waals surface area contributed by atoms with Crippen LogP contribution in [0.3, 0.4) is 0 Å². The van der Waals surface area contributed by atoms with Gasteiger partial charge in [-0.2, -0.15) is 0 Å². The second-order valence-electron chi connectivity index (χ2n) is 5.35. The van der Waals surface area contributed by atoms with Crippen LogP contribution in [0.15, 0.2) is 30.3 Å². The Kier molecular flexibility index (Phi) is 3.24. The third-order valence-electron chi connectivity index (χ3n) is 4.14. The highest BCUT2D eigenvalue weighted by molar-refractivity contribution is 6.22. The minimum atomic E-state index is 0.242. The average Bonchev–Trinajstić information content (AvgIpc) is 2.27. The molecule has 17 heavy (non-hydrogen) atoms. The van der Waals surface area contributed by atoms with Crippen LogP contribution >= 0.6 is 11.6 Å². The molecule has 1 aromatic rings. The van der Waals surface area contributed by atoms with Gasteiger partial charge in [-0.25, -0.2) is 0 Å². The van der Waals surface area contributed by atoms with E-state index in [1.165, 1.54) is 48.8 Å². The van der Waals surface area contributed by atoms with Gasteiger partial charge in [-0.15, -0.1) is 11.6 Å². The molecule has 2 aliphatic carbocycles. The van der Waals surface area contributed by atoms with E-state index in [4.69, 9.17) is 11.6 Å². The smallest absolute Gasteiger partial charge is 0.0522 e. The zero-order valence-corrected chi connectivity index (χ0v) is 10.9. The Hall–Kier alpha value is -0.750. The first kappa shape index (κ1) is 11.3. The summed E-state index contributed by atoms with van der Waals surface area (Å²) in [5, 5.41) is 0.242. The lowest BCUT2D eigenvalue weighted by molar-refractivity contribution is 0.419. The van der Waals surface area contributed by atoms with Gasteiger partial charge in [-0.3, -0.25) is 0 Å². The molecule has 0 heterocycles. The van der Waals surface area contributed by atoms with E-state index >= 15 is 0 Å². The van der Waals surface area contributed by atoms with Crippen molar-refractivity contribution in [2.24, 2.45) is 0 Å². The molecule has 1 unspecified atom stereocenters. The number of rotatable bonds is 2. The van der Waals surface area contributed by atoms with E-state index in [2.05, 4.69) is 30.3 Å². The second-order valence-corrected chi connectivity index (χ2v) is 5.91. The molecule has 0 radical (unpaired) electrons. The molecule has 1 heteroatoms. The Morgan fingerprint density at radius 2 is 1.94 bits per heavy atom. The fourth-order valence-corrected chi connectivity index (χ4v) is 3.15. The second kappa shape index (κ2) is 4.86. The van der Waals surface area contributed by atoms with Crippen molar-refractivity contribution in [3.05, 3.63) is 41.5 Å². The Labute approximate surface area is 109 Å². The first-order chi connectivity index (χ1) is 8.33. The van der Waals surface area contributed by atoms with Crippen molar-refractivity contribution >= 4 is 17.2 Å². The molecule has 0 aromatic heterocycles. The van der Waals surface area contributed by atoms with Crippen LogP contribution in [0.1, 0.15) is 55.6 Å². The first-order valence-electron chi connectivity index (χ1n) is 6.78. The Morgan fingerprint density at radius 1 is 1.06 bits per heavy atom. The summed E-state index contributed by atoms with van der Waals surface area (Å²) in [5.74, 6) is 0.825. The summed E-state index contributed by atoms with van der Waals surface area (Å²) in [6.45, 7) is 0. The van der Waals surface area contributed by atoms with Crippen molar-refractivity contribution in [2.45, 2.75) is 49.8 Å². The molecule has 0 N–H and O–H groups in total. The lowest BCUT2D eigenvalue weighted by atomic mass is 9.79. The van der Waals surface area contributed by atoms with E-state index < -0.39 is 0 Å². The standard InChI is InChI=1S/C16H19Cl/c17-16-9-3-8-15(11-16)14-7-2-6-13(10-14)12-4-1-5-12/h2,6-7,10-12,16H,1,3-5,8-9H2. The molecule has 1 saturated carbocycles. The van der Waals surface area contributed by atoms with Crippen molar-refractivity contribution in [2.75, 3.05) is 0 Å². The predicted molar refractivity (Wildman–Crippen MR) is 74.5 cm³/mol. The van der Waals surface area contributed by atoms with Crippen LogP contribution in [0, 0.1) is 0 Å². The SMILES string of the molecule is ClC1C=C(c2cccc(C3CCC3)c2)CCC1. The normalized spacial score (nSPS) is 25.2. The first-order valence-corrected chi connectivity index (χ1v) is 7.22. The van der Waals surface area contributed by atoms with Gasteiger partial charge >= 0.3 is 0 Å². The minimum Gasteiger partial charge on any atom is -0.118 e. The summed E-state index contributed by atoms with van der Waals surface area (Å²) in [7, 11) is 0. The van der Waals surface area contributed by atoms with E-state index in [-0.39, 0.29) is 5.38 Å². The van der Waals surface area contributed by atoms with Gasteiger partial charge in [0.1, 0.15) is 0 Å². The largest absolute Gasteiger partial charge is 0.118 e. The fraction of sp³-hybridized carbons (Fsp3) is 0.500. The van der Waals surface area contributed by atoms with Gasteiger partial charge in [0.15, 0.2) is 0 Å². The maximum absolute atomic E-state index is 6.23. The molecular weight excluding hydrogens is 228 g/mol. The number of hydrogen-bond donors (Lipinski definition) is 0. The van der Waals surface area contributed by atoms with E-state index in [1.54, 1.807) is 0 Å². The maximum atomic E-state index is 6.23. The quantitative estimate of drug-likeness (QED) is 0.635. The van der Waals surface area contributed by atoms with Crippen molar-refractivity contribution in [3.63, 3.8) is 0 Å². The molecule has 0 bridgehead atoms. The molecule has 0 amide bonds. The van der Waals surface area contributed by atoms with Gasteiger partial charge in [0.25, 0.3) is 0 Å². The van der Waals surface area contributed by atoms with Crippen LogP contribution in [0.5, 0.6) is 0 Å². The van der Waals surface area contributed by atoms with Gasteiger partial charge in [0.2, 0.25) is 0 Å². The number of benzene rings is 1. The molecule has 1 fully saturated rings. The summed E-state index contributed by atoms with van der Waals surface area (Å²) < 4.78 is 0. The number of hydrogen-bond acceptors (Lipinski definition) is 0. The number of halogens is 1.